The van der Waals surface area contributed by atoms with E-state index >= 15 is 0 Å². The molecule has 6 heteroatoms. The molecule has 3 heterocycles. The summed E-state index contributed by atoms with van der Waals surface area (Å²) in [4.78, 5) is 13.6. The van der Waals surface area contributed by atoms with Gasteiger partial charge >= 0.3 is 0 Å². The molecule has 0 bridgehead atoms. The van der Waals surface area contributed by atoms with Crippen LogP contribution in [0.4, 0.5) is 5.82 Å². The number of aryl methyl sites for hydroxylation is 2. The second-order valence-corrected chi connectivity index (χ2v) is 6.53. The van der Waals surface area contributed by atoms with Crippen molar-refractivity contribution in [2.45, 2.75) is 13.8 Å². The molecule has 27 heavy (non-hydrogen) atoms. The predicted molar refractivity (Wildman–Crippen MR) is 107 cm³/mol. The minimum atomic E-state index is 0.0561. The molecule has 0 aliphatic heterocycles. The molecule has 0 radical (unpaired) electrons. The summed E-state index contributed by atoms with van der Waals surface area (Å²) < 4.78 is 2.07. The number of hydrogen-bond acceptors (Lipinski definition) is 5. The van der Waals surface area contributed by atoms with Crippen molar-refractivity contribution in [2.24, 2.45) is 0 Å². The summed E-state index contributed by atoms with van der Waals surface area (Å²) in [7, 11) is 0. The quantitative estimate of drug-likeness (QED) is 0.571. The third-order valence-corrected chi connectivity index (χ3v) is 4.46. The number of aromatic nitrogens is 4. The summed E-state index contributed by atoms with van der Waals surface area (Å²) >= 11 is 0. The molecule has 0 fully saturated rings. The molecule has 136 valence electrons. The lowest BCUT2D eigenvalue weighted by Gasteiger charge is -2.09. The molecule has 0 saturated heterocycles. The van der Waals surface area contributed by atoms with Gasteiger partial charge in [0.25, 0.3) is 0 Å². The number of aliphatic hydroxyl groups excluding tert-OH is 1. The van der Waals surface area contributed by atoms with Crippen molar-refractivity contribution in [1.82, 2.24) is 19.4 Å². The summed E-state index contributed by atoms with van der Waals surface area (Å²) in [5.74, 6) is 1.36. The number of nitrogens with one attached hydrogen (secondary N) is 1. The first-order chi connectivity index (χ1) is 13.2. The Bertz CT molecular complexity index is 1100. The van der Waals surface area contributed by atoms with Gasteiger partial charge in [0.1, 0.15) is 11.5 Å². The Kier molecular flexibility index (Phi) is 4.56. The molecular weight excluding hydrogens is 338 g/mol. The number of hydrogen-bond donors (Lipinski definition) is 2. The smallest absolute Gasteiger partial charge is 0.161 e. The van der Waals surface area contributed by atoms with Crippen LogP contribution in [0.5, 0.6) is 0 Å². The first-order valence-corrected chi connectivity index (χ1v) is 8.88. The van der Waals surface area contributed by atoms with Crippen molar-refractivity contribution in [3.05, 3.63) is 66.1 Å². The summed E-state index contributed by atoms with van der Waals surface area (Å²) in [6.07, 6.45) is 5.67. The maximum absolute atomic E-state index is 9.02. The number of nitrogens with zero attached hydrogens (tertiary/aromatic N) is 4. The van der Waals surface area contributed by atoms with Crippen LogP contribution >= 0.6 is 0 Å². The first kappa shape index (κ1) is 17.2. The van der Waals surface area contributed by atoms with Crippen LogP contribution in [-0.2, 0) is 0 Å². The highest BCUT2D eigenvalue weighted by molar-refractivity contribution is 5.69. The monoisotopic (exact) mass is 359 g/mol. The topological polar surface area (TPSA) is 75.3 Å². The Morgan fingerprint density at radius 1 is 1.04 bits per heavy atom. The fourth-order valence-corrected chi connectivity index (χ4v) is 3.07. The molecule has 0 saturated carbocycles. The van der Waals surface area contributed by atoms with E-state index < -0.39 is 0 Å². The van der Waals surface area contributed by atoms with Gasteiger partial charge in [-0.1, -0.05) is 23.8 Å². The molecule has 4 rings (SSSR count). The molecule has 0 aliphatic carbocycles. The van der Waals surface area contributed by atoms with E-state index in [-0.39, 0.29) is 6.61 Å². The molecule has 0 aliphatic rings. The second kappa shape index (κ2) is 7.17. The number of anilines is 1. The summed E-state index contributed by atoms with van der Waals surface area (Å²) in [5.41, 5.74) is 6.09. The van der Waals surface area contributed by atoms with Crippen molar-refractivity contribution in [2.75, 3.05) is 18.5 Å². The zero-order chi connectivity index (χ0) is 18.8. The number of fused-ring (bicyclic) bond motifs is 1. The van der Waals surface area contributed by atoms with Gasteiger partial charge in [0.2, 0.25) is 0 Å². The zero-order valence-corrected chi connectivity index (χ0v) is 15.3. The van der Waals surface area contributed by atoms with E-state index in [0.717, 1.165) is 33.8 Å². The van der Waals surface area contributed by atoms with Crippen molar-refractivity contribution in [3.8, 4) is 22.6 Å². The lowest BCUT2D eigenvalue weighted by atomic mass is 10.1. The van der Waals surface area contributed by atoms with Crippen molar-refractivity contribution in [1.29, 1.82) is 0 Å². The molecule has 0 amide bonds. The highest BCUT2D eigenvalue weighted by Gasteiger charge is 2.10. The second-order valence-electron chi connectivity index (χ2n) is 6.53. The van der Waals surface area contributed by atoms with E-state index in [1.165, 1.54) is 5.56 Å². The van der Waals surface area contributed by atoms with E-state index in [1.54, 1.807) is 6.20 Å². The number of imidazole rings is 1. The predicted octanol–water partition coefficient (Wildman–Crippen LogP) is 3.48. The lowest BCUT2D eigenvalue weighted by molar-refractivity contribution is 0.311. The van der Waals surface area contributed by atoms with Crippen molar-refractivity contribution in [3.63, 3.8) is 0 Å². The average molecular weight is 359 g/mol. The maximum atomic E-state index is 9.02. The SMILES string of the molecule is Cc1cccc(-c2cnc3cc(-c4ncc(C)c(NCCO)n4)ccn23)c1. The third kappa shape index (κ3) is 3.39. The fraction of sp³-hybridized carbons (Fsp3) is 0.190. The summed E-state index contributed by atoms with van der Waals surface area (Å²) in [5, 5.41) is 12.1. The van der Waals surface area contributed by atoms with E-state index in [2.05, 4.69) is 55.9 Å². The number of pyridine rings is 1. The Balaban J connectivity index is 1.73. The molecule has 3 aromatic heterocycles. The van der Waals surface area contributed by atoms with Crippen LogP contribution in [0.15, 0.2) is 55.0 Å². The van der Waals surface area contributed by atoms with Gasteiger partial charge in [0.15, 0.2) is 5.82 Å². The molecule has 2 N–H and O–H groups in total. The van der Waals surface area contributed by atoms with Gasteiger partial charge in [-0.3, -0.25) is 4.40 Å². The highest BCUT2D eigenvalue weighted by atomic mass is 16.3. The Morgan fingerprint density at radius 3 is 2.74 bits per heavy atom. The lowest BCUT2D eigenvalue weighted by Crippen LogP contribution is -2.09. The molecule has 6 nitrogen and oxygen atoms in total. The standard InChI is InChI=1S/C21H21N5O/c1-14-4-3-5-16(10-14)18-13-23-19-11-17(6-8-26(18)19)21-24-12-15(2)20(25-21)22-7-9-27/h3-6,8,10-13,27H,7,9H2,1-2H3,(H,22,24,25). The van der Waals surface area contributed by atoms with E-state index in [0.29, 0.717) is 12.4 Å². The fourth-order valence-electron chi connectivity index (χ4n) is 3.07. The van der Waals surface area contributed by atoms with Gasteiger partial charge in [-0.25, -0.2) is 15.0 Å². The highest BCUT2D eigenvalue weighted by Crippen LogP contribution is 2.25. The molecule has 0 unspecified atom stereocenters. The maximum Gasteiger partial charge on any atom is 0.161 e. The molecule has 0 spiro atoms. The van der Waals surface area contributed by atoms with Crippen LogP contribution in [0.25, 0.3) is 28.3 Å². The van der Waals surface area contributed by atoms with Crippen molar-refractivity contribution >= 4 is 11.5 Å². The largest absolute Gasteiger partial charge is 0.395 e. The van der Waals surface area contributed by atoms with Gasteiger partial charge in [-0.15, -0.1) is 0 Å². The van der Waals surface area contributed by atoms with Gasteiger partial charge in [0.05, 0.1) is 18.5 Å². The van der Waals surface area contributed by atoms with Gasteiger partial charge in [0, 0.05) is 35.6 Å². The van der Waals surface area contributed by atoms with Crippen LogP contribution in [0.1, 0.15) is 11.1 Å². The van der Waals surface area contributed by atoms with Crippen molar-refractivity contribution < 1.29 is 5.11 Å². The van der Waals surface area contributed by atoms with Crippen LogP contribution < -0.4 is 5.32 Å². The third-order valence-electron chi connectivity index (χ3n) is 4.46. The van der Waals surface area contributed by atoms with E-state index in [1.807, 2.05) is 31.5 Å². The van der Waals surface area contributed by atoms with Crippen LogP contribution in [-0.4, -0.2) is 37.6 Å². The van der Waals surface area contributed by atoms with Crippen LogP contribution in [0.2, 0.25) is 0 Å². The number of aliphatic hydroxyl groups is 1. The summed E-state index contributed by atoms with van der Waals surface area (Å²) in [6.45, 7) is 4.54. The molecule has 0 atom stereocenters. The Morgan fingerprint density at radius 2 is 1.93 bits per heavy atom. The summed E-state index contributed by atoms with van der Waals surface area (Å²) in [6, 6.07) is 12.4. The minimum absolute atomic E-state index is 0.0561. The van der Waals surface area contributed by atoms with E-state index in [4.69, 9.17) is 5.11 Å². The Hall–Kier alpha value is -3.25. The normalized spacial score (nSPS) is 11.1. The molecule has 4 aromatic rings. The van der Waals surface area contributed by atoms with Gasteiger partial charge in [-0.05, 0) is 32.0 Å². The minimum Gasteiger partial charge on any atom is -0.395 e. The molecular formula is C21H21N5O. The molecule has 1 aromatic carbocycles. The van der Waals surface area contributed by atoms with Gasteiger partial charge < -0.3 is 10.4 Å². The van der Waals surface area contributed by atoms with Crippen LogP contribution in [0, 0.1) is 13.8 Å². The van der Waals surface area contributed by atoms with Crippen LogP contribution in [0.3, 0.4) is 0 Å². The average Bonchev–Trinajstić information content (AvgIpc) is 3.10. The number of benzene rings is 1. The van der Waals surface area contributed by atoms with E-state index in [9.17, 15) is 0 Å². The Labute approximate surface area is 157 Å². The van der Waals surface area contributed by atoms with Gasteiger partial charge in [-0.2, -0.15) is 0 Å². The number of rotatable bonds is 5. The zero-order valence-electron chi connectivity index (χ0n) is 15.3. The first-order valence-electron chi connectivity index (χ1n) is 8.88.